The number of ether oxygens (including phenoxy) is 3. The van der Waals surface area contributed by atoms with Crippen LogP contribution in [-0.4, -0.2) is 25.2 Å². The molecule has 0 spiro atoms. The van der Waals surface area contributed by atoms with Crippen LogP contribution in [0.5, 0.6) is 11.5 Å². The Balaban J connectivity index is 1.66. The molecule has 200 valence electrons. The van der Waals surface area contributed by atoms with Crippen LogP contribution in [0.1, 0.15) is 37.3 Å². The first-order valence-corrected chi connectivity index (χ1v) is 12.7. The number of hydrogen-bond donors (Lipinski definition) is 0. The van der Waals surface area contributed by atoms with E-state index in [1.165, 1.54) is 37.1 Å². The monoisotopic (exact) mass is 526 g/mol. The third kappa shape index (κ3) is 6.41. The first kappa shape index (κ1) is 27.7. The van der Waals surface area contributed by atoms with Crippen molar-refractivity contribution in [1.29, 1.82) is 0 Å². The lowest BCUT2D eigenvalue weighted by Crippen LogP contribution is -2.11. The second kappa shape index (κ2) is 12.0. The van der Waals surface area contributed by atoms with Crippen molar-refractivity contribution < 1.29 is 28.2 Å². The molecule has 0 saturated carbocycles. The Morgan fingerprint density at radius 1 is 0.923 bits per heavy atom. The SMILES string of the molecule is C=CCOCC1CCc2ccc(-c3ccc(-c4ccc(OC(=O)C(=C)C)cc4OC(=O)C(=C)C)cc3F)cc21. The molecule has 0 bridgehead atoms. The average Bonchev–Trinajstić information content (AvgIpc) is 3.31. The van der Waals surface area contributed by atoms with Crippen LogP contribution in [0.25, 0.3) is 22.3 Å². The second-order valence-corrected chi connectivity index (χ2v) is 9.67. The zero-order chi connectivity index (χ0) is 28.1. The van der Waals surface area contributed by atoms with Gasteiger partial charge >= 0.3 is 11.9 Å². The predicted molar refractivity (Wildman–Crippen MR) is 150 cm³/mol. The predicted octanol–water partition coefficient (Wildman–Crippen LogP) is 7.36. The van der Waals surface area contributed by atoms with E-state index in [4.69, 9.17) is 14.2 Å². The lowest BCUT2D eigenvalue weighted by molar-refractivity contribution is -0.130. The molecule has 1 atom stereocenters. The fourth-order valence-electron chi connectivity index (χ4n) is 4.51. The van der Waals surface area contributed by atoms with Gasteiger partial charge in [0.1, 0.15) is 17.3 Å². The van der Waals surface area contributed by atoms with Crippen LogP contribution in [0.3, 0.4) is 0 Å². The van der Waals surface area contributed by atoms with Gasteiger partial charge in [0.05, 0.1) is 13.2 Å². The van der Waals surface area contributed by atoms with Crippen LogP contribution in [0, 0.1) is 5.82 Å². The van der Waals surface area contributed by atoms with Crippen molar-refractivity contribution in [3.63, 3.8) is 0 Å². The maximum atomic E-state index is 15.5. The molecule has 3 aromatic carbocycles. The normalized spacial score (nSPS) is 13.9. The van der Waals surface area contributed by atoms with E-state index in [0.29, 0.717) is 29.9 Å². The molecule has 0 saturated heterocycles. The van der Waals surface area contributed by atoms with Gasteiger partial charge in [-0.2, -0.15) is 0 Å². The minimum Gasteiger partial charge on any atom is -0.423 e. The summed E-state index contributed by atoms with van der Waals surface area (Å²) in [7, 11) is 0. The van der Waals surface area contributed by atoms with Crippen molar-refractivity contribution >= 4 is 11.9 Å². The molecular weight excluding hydrogens is 495 g/mol. The van der Waals surface area contributed by atoms with Gasteiger partial charge in [0.2, 0.25) is 0 Å². The number of aryl methyl sites for hydroxylation is 1. The second-order valence-electron chi connectivity index (χ2n) is 9.67. The van der Waals surface area contributed by atoms with Gasteiger partial charge in [0, 0.05) is 34.3 Å². The van der Waals surface area contributed by atoms with Crippen molar-refractivity contribution in [2.24, 2.45) is 0 Å². The molecule has 5 nitrogen and oxygen atoms in total. The van der Waals surface area contributed by atoms with E-state index >= 15 is 4.39 Å². The van der Waals surface area contributed by atoms with Gasteiger partial charge in [-0.1, -0.05) is 49.6 Å². The molecule has 6 heteroatoms. The third-order valence-electron chi connectivity index (χ3n) is 6.56. The van der Waals surface area contributed by atoms with Crippen LogP contribution in [0.2, 0.25) is 0 Å². The van der Waals surface area contributed by atoms with E-state index in [0.717, 1.165) is 18.4 Å². The molecule has 0 radical (unpaired) electrons. The Hall–Kier alpha value is -4.29. The molecule has 0 N–H and O–H groups in total. The highest BCUT2D eigenvalue weighted by Gasteiger charge is 2.24. The fourth-order valence-corrected chi connectivity index (χ4v) is 4.51. The van der Waals surface area contributed by atoms with Crippen molar-refractivity contribution in [3.05, 3.63) is 109 Å². The lowest BCUT2D eigenvalue weighted by Gasteiger charge is -2.15. The maximum Gasteiger partial charge on any atom is 0.338 e. The van der Waals surface area contributed by atoms with Crippen molar-refractivity contribution in [2.45, 2.75) is 32.6 Å². The molecule has 0 aromatic heterocycles. The Bertz CT molecular complexity index is 1470. The first-order valence-electron chi connectivity index (χ1n) is 12.7. The van der Waals surface area contributed by atoms with E-state index in [2.05, 4.69) is 25.8 Å². The van der Waals surface area contributed by atoms with Gasteiger partial charge in [-0.25, -0.2) is 14.0 Å². The summed E-state index contributed by atoms with van der Waals surface area (Å²) in [6.45, 7) is 15.0. The molecule has 4 rings (SSSR count). The number of carbonyl (C=O) groups is 2. The van der Waals surface area contributed by atoms with E-state index in [1.54, 1.807) is 30.3 Å². The lowest BCUT2D eigenvalue weighted by atomic mass is 9.94. The number of halogens is 1. The van der Waals surface area contributed by atoms with E-state index in [-0.39, 0.29) is 28.6 Å². The molecule has 39 heavy (non-hydrogen) atoms. The van der Waals surface area contributed by atoms with Gasteiger partial charge in [-0.15, -0.1) is 6.58 Å². The standard InChI is InChI=1S/C33H31FO5/c1-6-15-37-19-25-10-8-22-7-9-23(16-29(22)25)27-13-11-24(17-30(27)34)28-14-12-26(38-32(35)20(2)3)18-31(28)39-33(36)21(4)5/h6-7,9,11-14,16-18,25H,1-2,4,8,10,15,19H2,3,5H3. The molecule has 0 fully saturated rings. The molecule has 1 aliphatic carbocycles. The van der Waals surface area contributed by atoms with Gasteiger partial charge in [0.25, 0.3) is 0 Å². The molecular formula is C33H31FO5. The van der Waals surface area contributed by atoms with Gasteiger partial charge in [-0.3, -0.25) is 0 Å². The van der Waals surface area contributed by atoms with Gasteiger partial charge in [0.15, 0.2) is 0 Å². The fraction of sp³-hybridized carbons (Fsp3) is 0.212. The molecule has 0 amide bonds. The summed E-state index contributed by atoms with van der Waals surface area (Å²) in [6, 6.07) is 15.5. The van der Waals surface area contributed by atoms with E-state index < -0.39 is 17.8 Å². The summed E-state index contributed by atoms with van der Waals surface area (Å²) in [5.41, 5.74) is 5.06. The molecule has 1 aliphatic rings. The number of esters is 2. The van der Waals surface area contributed by atoms with Crippen LogP contribution in [0.15, 0.2) is 91.6 Å². The Morgan fingerprint density at radius 3 is 2.28 bits per heavy atom. The van der Waals surface area contributed by atoms with Gasteiger partial charge < -0.3 is 14.2 Å². The maximum absolute atomic E-state index is 15.5. The van der Waals surface area contributed by atoms with Crippen LogP contribution < -0.4 is 9.47 Å². The molecule has 1 unspecified atom stereocenters. The number of fused-ring (bicyclic) bond motifs is 1. The van der Waals surface area contributed by atoms with Crippen molar-refractivity contribution in [3.8, 4) is 33.8 Å². The first-order chi connectivity index (χ1) is 18.7. The highest BCUT2D eigenvalue weighted by atomic mass is 19.1. The summed E-state index contributed by atoms with van der Waals surface area (Å²) >= 11 is 0. The third-order valence-corrected chi connectivity index (χ3v) is 6.56. The van der Waals surface area contributed by atoms with Crippen LogP contribution >= 0.6 is 0 Å². The Labute approximate surface area is 228 Å². The van der Waals surface area contributed by atoms with Crippen molar-refractivity contribution in [2.75, 3.05) is 13.2 Å². The van der Waals surface area contributed by atoms with Crippen LogP contribution in [0.4, 0.5) is 4.39 Å². The Morgan fingerprint density at radius 2 is 1.59 bits per heavy atom. The summed E-state index contributed by atoms with van der Waals surface area (Å²) in [5.74, 6) is -1.13. The largest absolute Gasteiger partial charge is 0.423 e. The molecule has 0 aliphatic heterocycles. The highest BCUT2D eigenvalue weighted by molar-refractivity contribution is 5.91. The quantitative estimate of drug-likeness (QED) is 0.0908. The number of hydrogen-bond acceptors (Lipinski definition) is 5. The summed E-state index contributed by atoms with van der Waals surface area (Å²) in [6.07, 6.45) is 3.71. The topological polar surface area (TPSA) is 61.8 Å². The molecule has 0 heterocycles. The Kier molecular flexibility index (Phi) is 8.57. The minimum absolute atomic E-state index is 0.113. The molecule has 3 aromatic rings. The smallest absolute Gasteiger partial charge is 0.338 e. The van der Waals surface area contributed by atoms with E-state index in [9.17, 15) is 9.59 Å². The number of rotatable bonds is 10. The minimum atomic E-state index is -0.651. The van der Waals surface area contributed by atoms with Crippen molar-refractivity contribution in [1.82, 2.24) is 0 Å². The average molecular weight is 527 g/mol. The zero-order valence-corrected chi connectivity index (χ0v) is 22.2. The van der Waals surface area contributed by atoms with E-state index in [1.807, 2.05) is 12.1 Å². The number of benzene rings is 3. The van der Waals surface area contributed by atoms with Gasteiger partial charge in [-0.05, 0) is 67.1 Å². The highest BCUT2D eigenvalue weighted by Crippen LogP contribution is 2.39. The zero-order valence-electron chi connectivity index (χ0n) is 22.2. The summed E-state index contributed by atoms with van der Waals surface area (Å²) in [4.78, 5) is 24.3. The summed E-state index contributed by atoms with van der Waals surface area (Å²) in [5, 5.41) is 0. The summed E-state index contributed by atoms with van der Waals surface area (Å²) < 4.78 is 32.0. The van der Waals surface area contributed by atoms with Crippen LogP contribution in [-0.2, 0) is 20.7 Å². The number of carbonyl (C=O) groups excluding carboxylic acids is 2.